The maximum atomic E-state index is 11.8. The molecule has 0 aromatic heterocycles. The average molecular weight is 287 g/mol. The summed E-state index contributed by atoms with van der Waals surface area (Å²) in [5.74, 6) is -0.259. The summed E-state index contributed by atoms with van der Waals surface area (Å²) in [4.78, 5) is 23.3. The molecule has 1 aliphatic heterocycles. The first-order valence-electron chi connectivity index (χ1n) is 6.96. The van der Waals surface area contributed by atoms with E-state index in [2.05, 4.69) is 5.32 Å². The lowest BCUT2D eigenvalue weighted by Crippen LogP contribution is -2.43. The molecule has 1 heterocycles. The summed E-state index contributed by atoms with van der Waals surface area (Å²) >= 11 is 0. The van der Waals surface area contributed by atoms with Gasteiger partial charge in [0.1, 0.15) is 5.60 Å². The van der Waals surface area contributed by atoms with Crippen molar-refractivity contribution < 1.29 is 23.8 Å². The summed E-state index contributed by atoms with van der Waals surface area (Å²) in [5, 5.41) is 2.85. The molecule has 20 heavy (non-hydrogen) atoms. The number of ether oxygens (including phenoxy) is 3. The van der Waals surface area contributed by atoms with Crippen LogP contribution in [0.15, 0.2) is 0 Å². The number of methoxy groups -OCH3 is 1. The standard InChI is InChI=1S/C14H25NO5/c1-14(2,3)20-13(17)15-11-6-8-19-7-5-10(11)9-12(16)18-4/h10-11H,5-9H2,1-4H3,(H,15,17)/t10-,11+/m0/s1. The van der Waals surface area contributed by atoms with Crippen LogP contribution in [-0.2, 0) is 19.0 Å². The van der Waals surface area contributed by atoms with Gasteiger partial charge in [0.05, 0.1) is 13.5 Å². The molecule has 0 unspecified atom stereocenters. The zero-order valence-electron chi connectivity index (χ0n) is 12.7. The van der Waals surface area contributed by atoms with Crippen LogP contribution in [0.2, 0.25) is 0 Å². The molecule has 0 spiro atoms. The molecule has 2 atom stereocenters. The van der Waals surface area contributed by atoms with Crippen molar-refractivity contribution in [1.29, 1.82) is 0 Å². The third-order valence-electron chi connectivity index (χ3n) is 3.13. The van der Waals surface area contributed by atoms with E-state index in [9.17, 15) is 9.59 Å². The van der Waals surface area contributed by atoms with E-state index in [1.807, 2.05) is 20.8 Å². The number of nitrogens with one attached hydrogen (secondary N) is 1. The lowest BCUT2D eigenvalue weighted by atomic mass is 9.92. The number of esters is 1. The van der Waals surface area contributed by atoms with Gasteiger partial charge in [-0.05, 0) is 39.5 Å². The predicted octanol–water partition coefficient (Wildman–Crippen LogP) is 1.87. The summed E-state index contributed by atoms with van der Waals surface area (Å²) in [7, 11) is 1.37. The second-order valence-corrected chi connectivity index (χ2v) is 5.98. The van der Waals surface area contributed by atoms with Crippen LogP contribution in [0.25, 0.3) is 0 Å². The zero-order valence-corrected chi connectivity index (χ0v) is 12.7. The molecule has 1 amide bonds. The average Bonchev–Trinajstić information content (AvgIpc) is 2.53. The Balaban J connectivity index is 2.61. The topological polar surface area (TPSA) is 73.9 Å². The number of hydrogen-bond acceptors (Lipinski definition) is 5. The highest BCUT2D eigenvalue weighted by molar-refractivity contribution is 5.70. The van der Waals surface area contributed by atoms with E-state index >= 15 is 0 Å². The molecule has 6 nitrogen and oxygen atoms in total. The molecule has 0 aromatic carbocycles. The van der Waals surface area contributed by atoms with Crippen molar-refractivity contribution in [2.24, 2.45) is 5.92 Å². The third-order valence-corrected chi connectivity index (χ3v) is 3.13. The fraction of sp³-hybridized carbons (Fsp3) is 0.857. The van der Waals surface area contributed by atoms with Gasteiger partial charge in [-0.15, -0.1) is 0 Å². The molecule has 116 valence electrons. The van der Waals surface area contributed by atoms with E-state index in [1.54, 1.807) is 0 Å². The number of alkyl carbamates (subject to hydrolysis) is 1. The minimum absolute atomic E-state index is 0.0115. The molecule has 0 radical (unpaired) electrons. The third kappa shape index (κ3) is 6.23. The Morgan fingerprint density at radius 2 is 1.90 bits per heavy atom. The Labute approximate surface area is 120 Å². The summed E-state index contributed by atoms with van der Waals surface area (Å²) < 4.78 is 15.4. The van der Waals surface area contributed by atoms with Gasteiger partial charge in [-0.3, -0.25) is 4.79 Å². The van der Waals surface area contributed by atoms with Crippen LogP contribution in [0.3, 0.4) is 0 Å². The summed E-state index contributed by atoms with van der Waals surface area (Å²) in [5.41, 5.74) is -0.539. The predicted molar refractivity (Wildman–Crippen MR) is 73.3 cm³/mol. The summed E-state index contributed by atoms with van der Waals surface area (Å²) in [6.45, 7) is 6.60. The van der Waals surface area contributed by atoms with Crippen molar-refractivity contribution in [3.05, 3.63) is 0 Å². The number of rotatable bonds is 3. The van der Waals surface area contributed by atoms with E-state index < -0.39 is 11.7 Å². The van der Waals surface area contributed by atoms with E-state index in [-0.39, 0.29) is 24.3 Å². The van der Waals surface area contributed by atoms with Crippen molar-refractivity contribution in [3.63, 3.8) is 0 Å². The normalized spacial score (nSPS) is 23.6. The molecule has 0 aliphatic carbocycles. The molecule has 1 N–H and O–H groups in total. The first kappa shape index (κ1) is 16.8. The SMILES string of the molecule is COC(=O)C[C@@H]1CCOCC[C@H]1NC(=O)OC(C)(C)C. The molecule has 6 heteroatoms. The second kappa shape index (κ2) is 7.47. The van der Waals surface area contributed by atoms with Crippen molar-refractivity contribution in [2.75, 3.05) is 20.3 Å². The van der Waals surface area contributed by atoms with E-state index in [0.717, 1.165) is 6.42 Å². The van der Waals surface area contributed by atoms with Gasteiger partial charge in [-0.2, -0.15) is 0 Å². The van der Waals surface area contributed by atoms with Crippen LogP contribution in [0.4, 0.5) is 4.79 Å². The van der Waals surface area contributed by atoms with Gasteiger partial charge in [-0.25, -0.2) is 4.79 Å². The van der Waals surface area contributed by atoms with Crippen LogP contribution in [0.1, 0.15) is 40.0 Å². The van der Waals surface area contributed by atoms with Crippen molar-refractivity contribution in [3.8, 4) is 0 Å². The fourth-order valence-electron chi connectivity index (χ4n) is 2.17. The Hall–Kier alpha value is -1.30. The van der Waals surface area contributed by atoms with Gasteiger partial charge in [0, 0.05) is 19.3 Å². The maximum absolute atomic E-state index is 11.8. The van der Waals surface area contributed by atoms with E-state index in [4.69, 9.17) is 14.2 Å². The van der Waals surface area contributed by atoms with Gasteiger partial charge in [0.15, 0.2) is 0 Å². The molecular formula is C14H25NO5. The lowest BCUT2D eigenvalue weighted by molar-refractivity contribution is -0.142. The van der Waals surface area contributed by atoms with Gasteiger partial charge in [0.25, 0.3) is 0 Å². The van der Waals surface area contributed by atoms with Crippen LogP contribution in [0, 0.1) is 5.92 Å². The Bertz CT molecular complexity index is 337. The Morgan fingerprint density at radius 1 is 1.25 bits per heavy atom. The summed E-state index contributed by atoms with van der Waals surface area (Å²) in [6.07, 6.45) is 1.20. The largest absolute Gasteiger partial charge is 0.469 e. The fourth-order valence-corrected chi connectivity index (χ4v) is 2.17. The minimum atomic E-state index is -0.539. The maximum Gasteiger partial charge on any atom is 0.407 e. The minimum Gasteiger partial charge on any atom is -0.469 e. The molecule has 1 saturated heterocycles. The monoisotopic (exact) mass is 287 g/mol. The molecular weight excluding hydrogens is 262 g/mol. The van der Waals surface area contributed by atoms with Crippen LogP contribution in [-0.4, -0.2) is 44.0 Å². The van der Waals surface area contributed by atoms with Gasteiger partial charge in [-0.1, -0.05) is 0 Å². The number of carbonyl (C=O) groups is 2. The Kier molecular flexibility index (Phi) is 6.26. The highest BCUT2D eigenvalue weighted by atomic mass is 16.6. The van der Waals surface area contributed by atoms with Crippen molar-refractivity contribution >= 4 is 12.1 Å². The van der Waals surface area contributed by atoms with Crippen molar-refractivity contribution in [2.45, 2.75) is 51.7 Å². The first-order chi connectivity index (χ1) is 9.31. The van der Waals surface area contributed by atoms with Gasteiger partial charge < -0.3 is 19.5 Å². The van der Waals surface area contributed by atoms with Crippen LogP contribution < -0.4 is 5.32 Å². The highest BCUT2D eigenvalue weighted by Gasteiger charge is 2.29. The number of hydrogen-bond donors (Lipinski definition) is 1. The number of carbonyl (C=O) groups excluding carboxylic acids is 2. The molecule has 1 aliphatic rings. The molecule has 1 rings (SSSR count). The quantitative estimate of drug-likeness (QED) is 0.802. The van der Waals surface area contributed by atoms with Crippen LogP contribution >= 0.6 is 0 Å². The zero-order chi connectivity index (χ0) is 15.2. The van der Waals surface area contributed by atoms with E-state index in [0.29, 0.717) is 19.6 Å². The highest BCUT2D eigenvalue weighted by Crippen LogP contribution is 2.21. The Morgan fingerprint density at radius 3 is 2.50 bits per heavy atom. The van der Waals surface area contributed by atoms with Gasteiger partial charge in [0.2, 0.25) is 0 Å². The first-order valence-corrected chi connectivity index (χ1v) is 6.96. The summed E-state index contributed by atoms with van der Waals surface area (Å²) in [6, 6.07) is -0.133. The molecule has 0 bridgehead atoms. The van der Waals surface area contributed by atoms with Crippen molar-refractivity contribution in [1.82, 2.24) is 5.32 Å². The molecule has 0 aromatic rings. The number of amides is 1. The van der Waals surface area contributed by atoms with E-state index in [1.165, 1.54) is 7.11 Å². The van der Waals surface area contributed by atoms with Gasteiger partial charge >= 0.3 is 12.1 Å². The molecule has 1 fully saturated rings. The van der Waals surface area contributed by atoms with Crippen LogP contribution in [0.5, 0.6) is 0 Å². The smallest absolute Gasteiger partial charge is 0.407 e. The second-order valence-electron chi connectivity index (χ2n) is 5.98. The molecule has 0 saturated carbocycles. The lowest BCUT2D eigenvalue weighted by Gasteiger charge is -2.27.